The average molecular weight is 139 g/mol. The summed E-state index contributed by atoms with van der Waals surface area (Å²) in [5.74, 6) is 0. The van der Waals surface area contributed by atoms with Crippen LogP contribution in [0.25, 0.3) is 0 Å². The quantitative estimate of drug-likeness (QED) is 0.464. The number of aldehydes is 1. The minimum atomic E-state index is 0.102. The van der Waals surface area contributed by atoms with E-state index in [0.29, 0.717) is 6.04 Å². The molecule has 1 rings (SSSR count). The molecule has 1 aliphatic heterocycles. The van der Waals surface area contributed by atoms with Crippen LogP contribution >= 0.6 is 0 Å². The Kier molecular flexibility index (Phi) is 2.63. The highest BCUT2D eigenvalue weighted by Gasteiger charge is 2.21. The lowest BCUT2D eigenvalue weighted by molar-refractivity contribution is -0.109. The fourth-order valence-corrected chi connectivity index (χ4v) is 1.34. The van der Waals surface area contributed by atoms with Gasteiger partial charge in [-0.1, -0.05) is 6.08 Å². The van der Waals surface area contributed by atoms with Crippen LogP contribution in [0.15, 0.2) is 12.7 Å². The van der Waals surface area contributed by atoms with Gasteiger partial charge in [-0.2, -0.15) is 0 Å². The third-order valence-corrected chi connectivity index (χ3v) is 1.89. The number of carbonyl (C=O) groups excluding carboxylic acids is 1. The van der Waals surface area contributed by atoms with Crippen molar-refractivity contribution in [3.63, 3.8) is 0 Å². The fraction of sp³-hybridized carbons (Fsp3) is 0.625. The fourth-order valence-electron chi connectivity index (χ4n) is 1.34. The van der Waals surface area contributed by atoms with Crippen molar-refractivity contribution in [2.45, 2.75) is 31.3 Å². The van der Waals surface area contributed by atoms with E-state index in [4.69, 9.17) is 0 Å². The number of nitrogens with one attached hydrogen (secondary N) is 1. The molecule has 2 atom stereocenters. The summed E-state index contributed by atoms with van der Waals surface area (Å²) in [6.07, 6.45) is 5.95. The van der Waals surface area contributed by atoms with Gasteiger partial charge in [-0.3, -0.25) is 0 Å². The highest BCUT2D eigenvalue weighted by Crippen LogP contribution is 2.13. The molecule has 2 nitrogen and oxygen atoms in total. The molecule has 0 saturated carbocycles. The second kappa shape index (κ2) is 3.52. The van der Waals surface area contributed by atoms with Gasteiger partial charge in [0, 0.05) is 6.04 Å². The minimum absolute atomic E-state index is 0.102. The highest BCUT2D eigenvalue weighted by molar-refractivity contribution is 5.58. The summed E-state index contributed by atoms with van der Waals surface area (Å²) in [7, 11) is 0. The van der Waals surface area contributed by atoms with E-state index in [2.05, 4.69) is 11.9 Å². The van der Waals surface area contributed by atoms with Crippen molar-refractivity contribution < 1.29 is 4.79 Å². The molecule has 1 saturated heterocycles. The van der Waals surface area contributed by atoms with Gasteiger partial charge in [0.25, 0.3) is 0 Å². The second-order valence-corrected chi connectivity index (χ2v) is 2.71. The van der Waals surface area contributed by atoms with Gasteiger partial charge in [0.15, 0.2) is 0 Å². The Balaban J connectivity index is 2.27. The summed E-state index contributed by atoms with van der Waals surface area (Å²) >= 11 is 0. The van der Waals surface area contributed by atoms with E-state index in [0.717, 1.165) is 25.5 Å². The van der Waals surface area contributed by atoms with Crippen LogP contribution in [0.1, 0.15) is 19.3 Å². The van der Waals surface area contributed by atoms with E-state index in [1.807, 2.05) is 6.08 Å². The summed E-state index contributed by atoms with van der Waals surface area (Å²) < 4.78 is 0. The molecule has 0 aromatic heterocycles. The Labute approximate surface area is 61.3 Å². The predicted octanol–water partition coefficient (Wildman–Crippen LogP) is 0.882. The minimum Gasteiger partial charge on any atom is -0.305 e. The topological polar surface area (TPSA) is 29.1 Å². The van der Waals surface area contributed by atoms with Crippen LogP contribution in [0.5, 0.6) is 0 Å². The van der Waals surface area contributed by atoms with Crippen molar-refractivity contribution >= 4 is 6.29 Å². The molecule has 10 heavy (non-hydrogen) atoms. The van der Waals surface area contributed by atoms with Crippen LogP contribution in [0, 0.1) is 0 Å². The standard InChI is InChI=1S/C8H13NO/c1-2-3-7-4-5-8(6-10)9-7/h2,6-9H,1,3-5H2/t7-,8-/m0/s1. The van der Waals surface area contributed by atoms with Crippen LogP contribution in [0.3, 0.4) is 0 Å². The molecule has 56 valence electrons. The summed E-state index contributed by atoms with van der Waals surface area (Å²) in [6.45, 7) is 3.65. The zero-order valence-corrected chi connectivity index (χ0v) is 6.05. The normalized spacial score (nSPS) is 32.0. The van der Waals surface area contributed by atoms with Crippen LogP contribution < -0.4 is 5.32 Å². The monoisotopic (exact) mass is 139 g/mol. The lowest BCUT2D eigenvalue weighted by atomic mass is 10.1. The molecule has 2 heteroatoms. The van der Waals surface area contributed by atoms with Crippen LogP contribution in [0.4, 0.5) is 0 Å². The number of hydrogen-bond acceptors (Lipinski definition) is 2. The van der Waals surface area contributed by atoms with Crippen molar-refractivity contribution in [1.82, 2.24) is 5.32 Å². The summed E-state index contributed by atoms with van der Waals surface area (Å²) in [4.78, 5) is 10.3. The molecule has 0 spiro atoms. The lowest BCUT2D eigenvalue weighted by Gasteiger charge is -2.06. The zero-order valence-electron chi connectivity index (χ0n) is 6.05. The third kappa shape index (κ3) is 1.67. The maximum absolute atomic E-state index is 10.3. The molecule has 0 bridgehead atoms. The van der Waals surface area contributed by atoms with Crippen LogP contribution in [0.2, 0.25) is 0 Å². The van der Waals surface area contributed by atoms with E-state index < -0.39 is 0 Å². The van der Waals surface area contributed by atoms with E-state index >= 15 is 0 Å². The molecule has 0 aromatic carbocycles. The molecule has 0 amide bonds. The van der Waals surface area contributed by atoms with Gasteiger partial charge >= 0.3 is 0 Å². The van der Waals surface area contributed by atoms with Crippen molar-refractivity contribution in [3.8, 4) is 0 Å². The molecule has 0 radical (unpaired) electrons. The lowest BCUT2D eigenvalue weighted by Crippen LogP contribution is -2.29. The van der Waals surface area contributed by atoms with Gasteiger partial charge in [0.2, 0.25) is 0 Å². The van der Waals surface area contributed by atoms with Crippen LogP contribution in [-0.4, -0.2) is 18.4 Å². The molecule has 1 heterocycles. The van der Waals surface area contributed by atoms with Gasteiger partial charge in [-0.25, -0.2) is 0 Å². The molecular formula is C8H13NO. The first-order chi connectivity index (χ1) is 4.86. The average Bonchev–Trinajstić information content (AvgIpc) is 2.37. The Bertz CT molecular complexity index is 133. The SMILES string of the molecule is C=CC[C@H]1CC[C@@H](C=O)N1. The van der Waals surface area contributed by atoms with Crippen LogP contribution in [-0.2, 0) is 4.79 Å². The smallest absolute Gasteiger partial charge is 0.136 e. The molecule has 0 aromatic rings. The first-order valence-corrected chi connectivity index (χ1v) is 3.69. The Morgan fingerprint density at radius 2 is 2.40 bits per heavy atom. The highest BCUT2D eigenvalue weighted by atomic mass is 16.1. The third-order valence-electron chi connectivity index (χ3n) is 1.89. The first-order valence-electron chi connectivity index (χ1n) is 3.69. The molecule has 1 aliphatic rings. The maximum Gasteiger partial charge on any atom is 0.136 e. The number of carbonyl (C=O) groups is 1. The molecule has 1 fully saturated rings. The van der Waals surface area contributed by atoms with E-state index in [-0.39, 0.29) is 6.04 Å². The van der Waals surface area contributed by atoms with Gasteiger partial charge in [0.05, 0.1) is 6.04 Å². The largest absolute Gasteiger partial charge is 0.305 e. The summed E-state index contributed by atoms with van der Waals surface area (Å²) in [6, 6.07) is 0.595. The molecule has 1 N–H and O–H groups in total. The molecule has 0 unspecified atom stereocenters. The van der Waals surface area contributed by atoms with Crippen molar-refractivity contribution in [2.75, 3.05) is 0 Å². The number of rotatable bonds is 3. The second-order valence-electron chi connectivity index (χ2n) is 2.71. The predicted molar refractivity (Wildman–Crippen MR) is 40.8 cm³/mol. The molecular weight excluding hydrogens is 126 g/mol. The van der Waals surface area contributed by atoms with E-state index in [1.54, 1.807) is 0 Å². The van der Waals surface area contributed by atoms with Gasteiger partial charge in [0.1, 0.15) is 6.29 Å². The first kappa shape index (κ1) is 7.48. The Morgan fingerprint density at radius 3 is 2.90 bits per heavy atom. The zero-order chi connectivity index (χ0) is 7.40. The van der Waals surface area contributed by atoms with E-state index in [9.17, 15) is 4.79 Å². The molecule has 0 aliphatic carbocycles. The van der Waals surface area contributed by atoms with Gasteiger partial charge < -0.3 is 10.1 Å². The Morgan fingerprint density at radius 1 is 1.60 bits per heavy atom. The van der Waals surface area contributed by atoms with Crippen molar-refractivity contribution in [3.05, 3.63) is 12.7 Å². The van der Waals surface area contributed by atoms with E-state index in [1.165, 1.54) is 0 Å². The van der Waals surface area contributed by atoms with Crippen molar-refractivity contribution in [1.29, 1.82) is 0 Å². The Hall–Kier alpha value is -0.630. The van der Waals surface area contributed by atoms with Crippen molar-refractivity contribution in [2.24, 2.45) is 0 Å². The van der Waals surface area contributed by atoms with Gasteiger partial charge in [-0.15, -0.1) is 6.58 Å². The maximum atomic E-state index is 10.3. The summed E-state index contributed by atoms with van der Waals surface area (Å²) in [5, 5.41) is 3.20. The number of hydrogen-bond donors (Lipinski definition) is 1. The van der Waals surface area contributed by atoms with Gasteiger partial charge in [-0.05, 0) is 19.3 Å². The summed E-state index contributed by atoms with van der Waals surface area (Å²) in [5.41, 5.74) is 0.